The third-order valence-electron chi connectivity index (χ3n) is 3.23. The van der Waals surface area contributed by atoms with Gasteiger partial charge in [0.05, 0.1) is 5.88 Å². The van der Waals surface area contributed by atoms with Gasteiger partial charge in [-0.2, -0.15) is 0 Å². The third kappa shape index (κ3) is 2.50. The zero-order valence-electron chi connectivity index (χ0n) is 9.41. The second kappa shape index (κ2) is 5.14. The van der Waals surface area contributed by atoms with Crippen molar-refractivity contribution in [2.24, 2.45) is 5.92 Å². The van der Waals surface area contributed by atoms with Crippen molar-refractivity contribution in [3.8, 4) is 0 Å². The van der Waals surface area contributed by atoms with Crippen LogP contribution in [0.25, 0.3) is 0 Å². The van der Waals surface area contributed by atoms with Gasteiger partial charge in [-0.25, -0.2) is 9.59 Å². The van der Waals surface area contributed by atoms with E-state index in [0.29, 0.717) is 24.7 Å². The Morgan fingerprint density at radius 1 is 1.41 bits per heavy atom. The molecule has 0 aromatic rings. The van der Waals surface area contributed by atoms with E-state index < -0.39 is 12.0 Å². The summed E-state index contributed by atoms with van der Waals surface area (Å²) < 4.78 is 0. The predicted molar refractivity (Wildman–Crippen MR) is 62.7 cm³/mol. The number of carboxylic acid groups (broad SMARTS) is 1. The number of carbonyl (C=O) groups excluding carboxylic acids is 1. The van der Waals surface area contributed by atoms with Crippen LogP contribution < -0.4 is 0 Å². The molecule has 2 aliphatic heterocycles. The van der Waals surface area contributed by atoms with E-state index in [9.17, 15) is 9.59 Å². The van der Waals surface area contributed by atoms with E-state index in [0.717, 1.165) is 6.42 Å². The average molecular weight is 260 g/mol. The molecule has 2 aliphatic rings. The Kier molecular flexibility index (Phi) is 3.78. The van der Waals surface area contributed by atoms with Crippen LogP contribution in [0.3, 0.4) is 0 Å². The van der Waals surface area contributed by atoms with Crippen LogP contribution in [-0.4, -0.2) is 69.4 Å². The molecule has 0 aliphatic carbocycles. The summed E-state index contributed by atoms with van der Waals surface area (Å²) in [5.41, 5.74) is 0. The highest BCUT2D eigenvalue weighted by molar-refractivity contribution is 7.99. The minimum atomic E-state index is -0.943. The number of likely N-dealkylation sites (tertiary alicyclic amines) is 1. The molecule has 1 unspecified atom stereocenters. The van der Waals surface area contributed by atoms with Crippen LogP contribution in [0.15, 0.2) is 0 Å². The monoisotopic (exact) mass is 260 g/mol. The van der Waals surface area contributed by atoms with Gasteiger partial charge >= 0.3 is 12.0 Å². The van der Waals surface area contributed by atoms with Crippen molar-refractivity contribution >= 4 is 23.8 Å². The molecule has 0 saturated carbocycles. The maximum atomic E-state index is 12.1. The summed E-state index contributed by atoms with van der Waals surface area (Å²) >= 11 is 1.46. The molecule has 0 bridgehead atoms. The smallest absolute Gasteiger partial charge is 0.327 e. The number of hydrogen-bond acceptors (Lipinski definition) is 4. The molecule has 2 atom stereocenters. The van der Waals surface area contributed by atoms with E-state index in [2.05, 4.69) is 0 Å². The van der Waals surface area contributed by atoms with Crippen molar-refractivity contribution in [1.29, 1.82) is 0 Å². The maximum Gasteiger partial charge on any atom is 0.327 e. The standard InChI is InChI=1S/C10H16N2O4S/c13-4-7-1-2-11(3-7)10(16)12-6-17-5-8(12)9(14)15/h7-8,13H,1-6H2,(H,14,15)/t7?,8-/m0/s1. The van der Waals surface area contributed by atoms with Gasteiger partial charge in [-0.1, -0.05) is 0 Å². The highest BCUT2D eigenvalue weighted by Gasteiger charge is 2.38. The average Bonchev–Trinajstić information content (AvgIpc) is 2.97. The molecule has 2 amide bonds. The van der Waals surface area contributed by atoms with Crippen LogP contribution in [-0.2, 0) is 4.79 Å². The molecule has 2 rings (SSSR count). The number of nitrogens with zero attached hydrogens (tertiary/aromatic N) is 2. The molecule has 0 aromatic heterocycles. The largest absolute Gasteiger partial charge is 0.480 e. The normalized spacial score (nSPS) is 28.8. The molecule has 6 nitrogen and oxygen atoms in total. The number of aliphatic hydroxyl groups is 1. The highest BCUT2D eigenvalue weighted by atomic mass is 32.2. The van der Waals surface area contributed by atoms with Crippen LogP contribution in [0.1, 0.15) is 6.42 Å². The topological polar surface area (TPSA) is 81.1 Å². The van der Waals surface area contributed by atoms with Crippen molar-refractivity contribution in [2.45, 2.75) is 12.5 Å². The summed E-state index contributed by atoms with van der Waals surface area (Å²) in [6, 6.07) is -0.918. The van der Waals surface area contributed by atoms with Crippen LogP contribution in [0.2, 0.25) is 0 Å². The lowest BCUT2D eigenvalue weighted by molar-refractivity contribution is -0.140. The van der Waals surface area contributed by atoms with Gasteiger partial charge in [0.15, 0.2) is 0 Å². The van der Waals surface area contributed by atoms with Gasteiger partial charge in [-0.15, -0.1) is 11.8 Å². The molecule has 2 fully saturated rings. The second-order valence-corrected chi connectivity index (χ2v) is 5.39. The minimum Gasteiger partial charge on any atom is -0.480 e. The van der Waals surface area contributed by atoms with Crippen LogP contribution in [0, 0.1) is 5.92 Å². The lowest BCUT2D eigenvalue weighted by atomic mass is 10.1. The van der Waals surface area contributed by atoms with E-state index >= 15 is 0 Å². The van der Waals surface area contributed by atoms with Crippen LogP contribution >= 0.6 is 11.8 Å². The van der Waals surface area contributed by atoms with Crippen molar-refractivity contribution in [3.05, 3.63) is 0 Å². The van der Waals surface area contributed by atoms with E-state index in [-0.39, 0.29) is 18.6 Å². The first kappa shape index (κ1) is 12.5. The van der Waals surface area contributed by atoms with Crippen molar-refractivity contribution in [1.82, 2.24) is 9.80 Å². The van der Waals surface area contributed by atoms with Gasteiger partial charge in [-0.05, 0) is 6.42 Å². The lowest BCUT2D eigenvalue weighted by Crippen LogP contribution is -2.48. The fourth-order valence-electron chi connectivity index (χ4n) is 2.17. The molecule has 7 heteroatoms. The van der Waals surface area contributed by atoms with E-state index in [1.807, 2.05) is 0 Å². The van der Waals surface area contributed by atoms with Gasteiger partial charge in [0.2, 0.25) is 0 Å². The fourth-order valence-corrected chi connectivity index (χ4v) is 3.31. The van der Waals surface area contributed by atoms with Gasteiger partial charge in [0, 0.05) is 31.4 Å². The minimum absolute atomic E-state index is 0.0842. The third-order valence-corrected chi connectivity index (χ3v) is 4.24. The molecule has 2 N–H and O–H groups in total. The number of urea groups is 1. The number of amides is 2. The molecule has 0 radical (unpaired) electrons. The Hall–Kier alpha value is -0.950. The number of thioether (sulfide) groups is 1. The summed E-state index contributed by atoms with van der Waals surface area (Å²) in [6.07, 6.45) is 0.793. The quantitative estimate of drug-likeness (QED) is 0.723. The Balaban J connectivity index is 1.98. The van der Waals surface area contributed by atoms with Gasteiger partial charge in [-0.3, -0.25) is 0 Å². The number of rotatable bonds is 2. The zero-order valence-corrected chi connectivity index (χ0v) is 10.2. The second-order valence-electron chi connectivity index (χ2n) is 4.39. The van der Waals surface area contributed by atoms with E-state index in [1.54, 1.807) is 4.90 Å². The molecular weight excluding hydrogens is 244 g/mol. The molecule has 0 aromatic carbocycles. The summed E-state index contributed by atoms with van der Waals surface area (Å²) in [4.78, 5) is 26.2. The van der Waals surface area contributed by atoms with Gasteiger partial charge in [0.25, 0.3) is 0 Å². The van der Waals surface area contributed by atoms with Crippen molar-refractivity contribution in [3.63, 3.8) is 0 Å². The summed E-state index contributed by atoms with van der Waals surface area (Å²) in [5, 5.41) is 18.0. The summed E-state index contributed by atoms with van der Waals surface area (Å²) in [5.74, 6) is 0.0905. The number of carboxylic acids is 1. The first-order chi connectivity index (χ1) is 8.13. The van der Waals surface area contributed by atoms with Crippen LogP contribution in [0.5, 0.6) is 0 Å². The Labute approximate surface area is 104 Å². The lowest BCUT2D eigenvalue weighted by Gasteiger charge is -2.26. The molecule has 96 valence electrons. The van der Waals surface area contributed by atoms with Crippen molar-refractivity contribution in [2.75, 3.05) is 31.3 Å². The van der Waals surface area contributed by atoms with Crippen molar-refractivity contribution < 1.29 is 19.8 Å². The number of hydrogen-bond donors (Lipinski definition) is 2. The first-order valence-electron chi connectivity index (χ1n) is 5.60. The summed E-state index contributed by atoms with van der Waals surface area (Å²) in [7, 11) is 0. The van der Waals surface area contributed by atoms with E-state index in [1.165, 1.54) is 16.7 Å². The number of aliphatic hydroxyl groups excluding tert-OH is 1. The molecule has 0 spiro atoms. The highest BCUT2D eigenvalue weighted by Crippen LogP contribution is 2.25. The van der Waals surface area contributed by atoms with Gasteiger partial charge < -0.3 is 20.0 Å². The Bertz CT molecular complexity index is 325. The Morgan fingerprint density at radius 2 is 2.18 bits per heavy atom. The Morgan fingerprint density at radius 3 is 2.76 bits per heavy atom. The first-order valence-corrected chi connectivity index (χ1v) is 6.76. The SMILES string of the molecule is O=C(O)[C@@H]1CSCN1C(=O)N1CCC(CO)C1. The number of aliphatic carboxylic acids is 1. The molecule has 2 heterocycles. The van der Waals surface area contributed by atoms with Gasteiger partial charge in [0.1, 0.15) is 6.04 Å². The summed E-state index contributed by atoms with van der Waals surface area (Å²) in [6.45, 7) is 1.22. The van der Waals surface area contributed by atoms with Crippen LogP contribution in [0.4, 0.5) is 4.79 Å². The zero-order chi connectivity index (χ0) is 12.4. The number of carbonyl (C=O) groups is 2. The molecular formula is C10H16N2O4S. The molecule has 2 saturated heterocycles. The predicted octanol–water partition coefficient (Wildman–Crippen LogP) is -0.120. The maximum absolute atomic E-state index is 12.1. The van der Waals surface area contributed by atoms with E-state index in [4.69, 9.17) is 10.2 Å². The fraction of sp³-hybridized carbons (Fsp3) is 0.800. The molecule has 17 heavy (non-hydrogen) atoms.